The van der Waals surface area contributed by atoms with Gasteiger partial charge >= 0.3 is 6.18 Å². The molecule has 13 heteroatoms. The number of ether oxygens (including phenoxy) is 1. The van der Waals surface area contributed by atoms with E-state index in [-0.39, 0.29) is 37.6 Å². The van der Waals surface area contributed by atoms with Gasteiger partial charge in [0.15, 0.2) is 0 Å². The molecule has 1 fully saturated rings. The zero-order chi connectivity index (χ0) is 27.5. The minimum absolute atomic E-state index is 0.108. The summed E-state index contributed by atoms with van der Waals surface area (Å²) in [4.78, 5) is 12.8. The molecule has 0 radical (unpaired) electrons. The van der Waals surface area contributed by atoms with E-state index < -0.39 is 44.9 Å². The molecule has 1 saturated heterocycles. The topological polar surface area (TPSA) is 96.2 Å². The van der Waals surface area contributed by atoms with Gasteiger partial charge in [-0.3, -0.25) is 19.6 Å². The maximum Gasteiger partial charge on any atom is 0.391 e. The Morgan fingerprint density at radius 3 is 2.71 bits per heavy atom. The number of aliphatic imine (C=N–C) groups is 2. The molecular formula is C25H27F4N5O3S. The van der Waals surface area contributed by atoms with Crippen LogP contribution < -0.4 is 9.46 Å². The van der Waals surface area contributed by atoms with Crippen LogP contribution in [0.1, 0.15) is 42.6 Å². The summed E-state index contributed by atoms with van der Waals surface area (Å²) in [5, 5.41) is 0. The summed E-state index contributed by atoms with van der Waals surface area (Å²) in [6.45, 7) is 3.58. The molecule has 0 bridgehead atoms. The van der Waals surface area contributed by atoms with Gasteiger partial charge in [0.05, 0.1) is 24.3 Å². The number of benzene rings is 1. The first-order chi connectivity index (χ1) is 18.0. The largest absolute Gasteiger partial charge is 0.493 e. The van der Waals surface area contributed by atoms with Crippen LogP contribution in [0.3, 0.4) is 0 Å². The van der Waals surface area contributed by atoms with Gasteiger partial charge in [-0.05, 0) is 43.8 Å². The third kappa shape index (κ3) is 5.88. The summed E-state index contributed by atoms with van der Waals surface area (Å²) in [6.07, 6.45) is -0.162. The molecule has 204 valence electrons. The summed E-state index contributed by atoms with van der Waals surface area (Å²) in [5.41, 5.74) is 0.861. The van der Waals surface area contributed by atoms with Gasteiger partial charge in [-0.25, -0.2) is 17.8 Å². The van der Waals surface area contributed by atoms with Crippen molar-refractivity contribution in [3.05, 3.63) is 65.5 Å². The van der Waals surface area contributed by atoms with Crippen LogP contribution in [-0.2, 0) is 10.0 Å². The van der Waals surface area contributed by atoms with E-state index in [0.29, 0.717) is 17.7 Å². The van der Waals surface area contributed by atoms with Crippen LogP contribution >= 0.6 is 0 Å². The lowest BCUT2D eigenvalue weighted by Crippen LogP contribution is -2.44. The molecule has 8 nitrogen and oxygen atoms in total. The third-order valence-corrected chi connectivity index (χ3v) is 8.06. The van der Waals surface area contributed by atoms with E-state index in [4.69, 9.17) is 4.74 Å². The first kappa shape index (κ1) is 27.7. The Balaban J connectivity index is 1.69. The fourth-order valence-electron chi connectivity index (χ4n) is 4.90. The van der Waals surface area contributed by atoms with Gasteiger partial charge in [0.25, 0.3) is 10.0 Å². The first-order valence-electron chi connectivity index (χ1n) is 11.9. The number of hydrogen-bond acceptors (Lipinski definition) is 7. The molecule has 38 heavy (non-hydrogen) atoms. The van der Waals surface area contributed by atoms with Crippen LogP contribution in [0, 0.1) is 11.7 Å². The molecule has 2 aromatic rings. The van der Waals surface area contributed by atoms with Crippen molar-refractivity contribution in [1.82, 2.24) is 14.6 Å². The number of halogens is 4. The summed E-state index contributed by atoms with van der Waals surface area (Å²) in [5.74, 6) is -2.53. The van der Waals surface area contributed by atoms with Gasteiger partial charge in [-0.2, -0.15) is 13.2 Å². The second-order valence-electron chi connectivity index (χ2n) is 8.97. The van der Waals surface area contributed by atoms with Crippen LogP contribution in [0.4, 0.5) is 17.6 Å². The van der Waals surface area contributed by atoms with E-state index in [2.05, 4.69) is 26.4 Å². The van der Waals surface area contributed by atoms with Crippen LogP contribution in [0.25, 0.3) is 0 Å². The normalized spacial score (nSPS) is 23.1. The van der Waals surface area contributed by atoms with Crippen molar-refractivity contribution < 1.29 is 30.7 Å². The number of sulfonamides is 1. The highest BCUT2D eigenvalue weighted by molar-refractivity contribution is 7.89. The second-order valence-corrected chi connectivity index (χ2v) is 10.6. The van der Waals surface area contributed by atoms with E-state index >= 15 is 4.39 Å². The molecule has 4 rings (SSSR count). The second kappa shape index (κ2) is 11.2. The lowest BCUT2D eigenvalue weighted by molar-refractivity contribution is -0.192. The average molecular weight is 554 g/mol. The summed E-state index contributed by atoms with van der Waals surface area (Å²) in [7, 11) is -2.92. The highest BCUT2D eigenvalue weighted by atomic mass is 32.2. The maximum absolute atomic E-state index is 15.3. The number of piperidine rings is 1. The molecule has 0 saturated carbocycles. The van der Waals surface area contributed by atoms with E-state index in [1.165, 1.54) is 25.5 Å². The fraction of sp³-hybridized carbons (Fsp3) is 0.400. The fourth-order valence-corrected chi connectivity index (χ4v) is 5.99. The van der Waals surface area contributed by atoms with Crippen LogP contribution in [-0.4, -0.2) is 57.6 Å². The maximum atomic E-state index is 15.3. The van der Waals surface area contributed by atoms with E-state index in [1.54, 1.807) is 18.2 Å². The Morgan fingerprint density at radius 2 is 2.05 bits per heavy atom. The minimum Gasteiger partial charge on any atom is -0.493 e. The van der Waals surface area contributed by atoms with Crippen LogP contribution in [0.15, 0.2) is 63.3 Å². The number of fused-ring (bicyclic) bond motifs is 1. The van der Waals surface area contributed by atoms with Gasteiger partial charge in [0.1, 0.15) is 22.3 Å². The molecular weight excluding hydrogens is 526 g/mol. The zero-order valence-electron chi connectivity index (χ0n) is 20.5. The molecule has 0 spiro atoms. The molecule has 1 aromatic heterocycles. The molecule has 3 atom stereocenters. The molecule has 0 amide bonds. The minimum atomic E-state index is -4.40. The van der Waals surface area contributed by atoms with Gasteiger partial charge in [-0.15, -0.1) is 0 Å². The number of nitrogens with one attached hydrogen (secondary N) is 1. The number of pyridine rings is 1. The molecule has 1 aromatic carbocycles. The van der Waals surface area contributed by atoms with Crippen molar-refractivity contribution in [2.75, 3.05) is 20.2 Å². The third-order valence-electron chi connectivity index (χ3n) is 6.69. The number of hydrogen-bond donors (Lipinski definition) is 1. The summed E-state index contributed by atoms with van der Waals surface area (Å²) >= 11 is 0. The first-order valence-corrected chi connectivity index (χ1v) is 13.3. The number of aromatic nitrogens is 1. The molecule has 2 aliphatic rings. The Hall–Kier alpha value is -3.32. The summed E-state index contributed by atoms with van der Waals surface area (Å²) in [6, 6.07) is 6.10. The van der Waals surface area contributed by atoms with Crippen molar-refractivity contribution >= 4 is 23.0 Å². The molecule has 2 aliphatic heterocycles. The Kier molecular flexibility index (Phi) is 8.16. The Labute approximate surface area is 218 Å². The van der Waals surface area contributed by atoms with Crippen molar-refractivity contribution in [3.63, 3.8) is 0 Å². The number of allylic oxidation sites excluding steroid dienone is 1. The predicted molar refractivity (Wildman–Crippen MR) is 134 cm³/mol. The monoisotopic (exact) mass is 553 g/mol. The van der Waals surface area contributed by atoms with Crippen molar-refractivity contribution in [1.29, 1.82) is 0 Å². The quantitative estimate of drug-likeness (QED) is 0.400. The standard InChI is InChI=1S/C25H27F4N5O3S/c1-30-10-6-24(31-2)33-38(35,36)23-15-22-17(14-18(23)26)20(8-12-37-22)34-11-7-16(25(27,28)29)13-21(34)19-5-3-4-9-32-19/h3-6,9-10,14-16,20-21,33H,2,7-8,11-13H2,1H3/b24-6+,30-10?/t16-,20+,21+/m1/s1. The van der Waals surface area contributed by atoms with Crippen molar-refractivity contribution in [3.8, 4) is 5.75 Å². The van der Waals surface area contributed by atoms with Crippen molar-refractivity contribution in [2.45, 2.75) is 42.4 Å². The highest BCUT2D eigenvalue weighted by Crippen LogP contribution is 2.48. The lowest BCUT2D eigenvalue weighted by atomic mass is 9.85. The van der Waals surface area contributed by atoms with Gasteiger partial charge in [0.2, 0.25) is 0 Å². The average Bonchev–Trinajstić information content (AvgIpc) is 2.90. The van der Waals surface area contributed by atoms with Gasteiger partial charge in [-0.1, -0.05) is 6.07 Å². The summed E-state index contributed by atoms with van der Waals surface area (Å²) < 4.78 is 89.9. The van der Waals surface area contributed by atoms with E-state index in [9.17, 15) is 21.6 Å². The van der Waals surface area contributed by atoms with E-state index in [1.807, 2.05) is 4.90 Å². The zero-order valence-corrected chi connectivity index (χ0v) is 21.3. The molecule has 0 unspecified atom stereocenters. The molecule has 1 N–H and O–H groups in total. The van der Waals surface area contributed by atoms with E-state index in [0.717, 1.165) is 12.1 Å². The number of rotatable bonds is 7. The predicted octanol–water partition coefficient (Wildman–Crippen LogP) is 4.58. The Morgan fingerprint density at radius 1 is 1.26 bits per heavy atom. The number of likely N-dealkylation sites (tertiary alicyclic amines) is 1. The smallest absolute Gasteiger partial charge is 0.391 e. The number of alkyl halides is 3. The number of nitrogens with zero attached hydrogens (tertiary/aromatic N) is 4. The van der Waals surface area contributed by atoms with Gasteiger partial charge in [0, 0.05) is 50.1 Å². The lowest BCUT2D eigenvalue weighted by Gasteiger charge is -2.45. The molecule has 3 heterocycles. The highest BCUT2D eigenvalue weighted by Gasteiger charge is 2.47. The molecule has 0 aliphatic carbocycles. The van der Waals surface area contributed by atoms with Crippen molar-refractivity contribution in [2.24, 2.45) is 15.9 Å². The van der Waals surface area contributed by atoms with Gasteiger partial charge < -0.3 is 4.74 Å². The Bertz CT molecular complexity index is 1330. The van der Waals surface area contributed by atoms with Crippen LogP contribution in [0.5, 0.6) is 5.75 Å². The van der Waals surface area contributed by atoms with Crippen LogP contribution in [0.2, 0.25) is 0 Å². The SMILES string of the molecule is C=N/C(=C\C=NC)NS(=O)(=O)c1cc2c(cc1F)[C@@H](N1CC[C@@H](C(F)(F)F)C[C@H]1c1ccccn1)CCO2.